The molecule has 0 atom stereocenters. The first-order valence-corrected chi connectivity index (χ1v) is 8.14. The number of nitrogens with one attached hydrogen (secondary N) is 1. The lowest BCUT2D eigenvalue weighted by atomic mass is 10.2. The summed E-state index contributed by atoms with van der Waals surface area (Å²) in [5, 5.41) is 2.37. The van der Waals surface area contributed by atoms with E-state index in [4.69, 9.17) is 0 Å². The Morgan fingerprint density at radius 1 is 1.08 bits per heavy atom. The molecule has 0 radical (unpaired) electrons. The number of rotatable bonds is 3. The van der Waals surface area contributed by atoms with Crippen molar-refractivity contribution in [2.45, 2.75) is 0 Å². The van der Waals surface area contributed by atoms with E-state index in [-0.39, 0.29) is 22.9 Å². The summed E-state index contributed by atoms with van der Waals surface area (Å²) in [4.78, 5) is 32.7. The molecule has 1 aromatic carbocycles. The predicted octanol–water partition coefficient (Wildman–Crippen LogP) is 2.00. The fourth-order valence-electron chi connectivity index (χ4n) is 2.65. The Balaban J connectivity index is 1.74. The Bertz CT molecular complexity index is 836. The molecule has 1 aromatic heterocycles. The fraction of sp³-hybridized carbons (Fsp3) is 0.278. The molecule has 0 aliphatic carbocycles. The van der Waals surface area contributed by atoms with Gasteiger partial charge in [0.25, 0.3) is 11.8 Å². The number of carbonyl (C=O) groups is 2. The van der Waals surface area contributed by atoms with E-state index in [0.717, 1.165) is 25.2 Å². The summed E-state index contributed by atoms with van der Waals surface area (Å²) in [6, 6.07) is 5.67. The highest BCUT2D eigenvalue weighted by molar-refractivity contribution is 6.05. The lowest BCUT2D eigenvalue weighted by molar-refractivity contribution is 0.0658. The molecule has 1 saturated heterocycles. The maximum atomic E-state index is 13.7. The van der Waals surface area contributed by atoms with Crippen LogP contribution in [0.25, 0.3) is 0 Å². The van der Waals surface area contributed by atoms with Gasteiger partial charge in [-0.3, -0.25) is 14.6 Å². The average Bonchev–Trinajstić information content (AvgIpc) is 2.64. The molecule has 2 heterocycles. The smallest absolute Gasteiger partial charge is 0.272 e. The van der Waals surface area contributed by atoms with E-state index in [1.54, 1.807) is 4.90 Å². The summed E-state index contributed by atoms with van der Waals surface area (Å²) in [5.74, 6) is -2.46. The third-order valence-electron chi connectivity index (χ3n) is 4.21. The van der Waals surface area contributed by atoms with Crippen molar-refractivity contribution in [1.29, 1.82) is 0 Å². The first kappa shape index (κ1) is 17.9. The van der Waals surface area contributed by atoms with Gasteiger partial charge in [0.2, 0.25) is 0 Å². The number of nitrogens with zero attached hydrogens (tertiary/aromatic N) is 3. The van der Waals surface area contributed by atoms with Crippen molar-refractivity contribution in [3.05, 3.63) is 59.4 Å². The van der Waals surface area contributed by atoms with Crippen LogP contribution in [0, 0.1) is 11.6 Å². The van der Waals surface area contributed by atoms with Crippen LogP contribution in [0.2, 0.25) is 0 Å². The van der Waals surface area contributed by atoms with Gasteiger partial charge >= 0.3 is 0 Å². The van der Waals surface area contributed by atoms with Crippen molar-refractivity contribution in [1.82, 2.24) is 14.8 Å². The van der Waals surface area contributed by atoms with Crippen LogP contribution < -0.4 is 5.32 Å². The van der Waals surface area contributed by atoms with Crippen molar-refractivity contribution in [2.24, 2.45) is 0 Å². The molecule has 0 spiro atoms. The standard InChI is InChI=1S/C18H18F2N4O2/c1-23-6-8-24(9-7-23)18(26)16-10-12(4-5-21-16)17(25)22-15-3-2-13(19)11-14(15)20/h2-5,10-11H,6-9H2,1H3,(H,22,25). The van der Waals surface area contributed by atoms with Crippen LogP contribution in [0.4, 0.5) is 14.5 Å². The van der Waals surface area contributed by atoms with E-state index in [9.17, 15) is 18.4 Å². The molecular formula is C18H18F2N4O2. The van der Waals surface area contributed by atoms with Gasteiger partial charge in [0.15, 0.2) is 0 Å². The predicted molar refractivity (Wildman–Crippen MR) is 91.9 cm³/mol. The number of piperazine rings is 1. The number of aromatic nitrogens is 1. The van der Waals surface area contributed by atoms with E-state index in [1.165, 1.54) is 18.3 Å². The second-order valence-corrected chi connectivity index (χ2v) is 6.10. The lowest BCUT2D eigenvalue weighted by Gasteiger charge is -2.32. The van der Waals surface area contributed by atoms with Gasteiger partial charge in [-0.1, -0.05) is 0 Å². The SMILES string of the molecule is CN1CCN(C(=O)c2cc(C(=O)Nc3ccc(F)cc3F)ccn2)CC1. The van der Waals surface area contributed by atoms with E-state index >= 15 is 0 Å². The van der Waals surface area contributed by atoms with Gasteiger partial charge in [0.1, 0.15) is 17.3 Å². The molecule has 1 aliphatic rings. The number of halogens is 2. The first-order chi connectivity index (χ1) is 12.4. The molecule has 136 valence electrons. The highest BCUT2D eigenvalue weighted by Gasteiger charge is 2.22. The molecule has 1 N–H and O–H groups in total. The van der Waals surface area contributed by atoms with Crippen molar-refractivity contribution < 1.29 is 18.4 Å². The normalized spacial score (nSPS) is 15.0. The van der Waals surface area contributed by atoms with Crippen LogP contribution >= 0.6 is 0 Å². The number of carbonyl (C=O) groups excluding carboxylic acids is 2. The number of likely N-dealkylation sites (N-methyl/N-ethyl adjacent to an activating group) is 1. The third-order valence-corrected chi connectivity index (χ3v) is 4.21. The van der Waals surface area contributed by atoms with E-state index in [1.807, 2.05) is 7.05 Å². The van der Waals surface area contributed by atoms with Crippen LogP contribution in [-0.4, -0.2) is 59.8 Å². The number of hydrogen-bond donors (Lipinski definition) is 1. The summed E-state index contributed by atoms with van der Waals surface area (Å²) in [6.07, 6.45) is 1.36. The monoisotopic (exact) mass is 360 g/mol. The Kier molecular flexibility index (Phi) is 5.22. The maximum Gasteiger partial charge on any atom is 0.272 e. The maximum absolute atomic E-state index is 13.7. The number of hydrogen-bond acceptors (Lipinski definition) is 4. The molecule has 1 aliphatic heterocycles. The molecule has 0 unspecified atom stereocenters. The van der Waals surface area contributed by atoms with Crippen LogP contribution in [0.5, 0.6) is 0 Å². The topological polar surface area (TPSA) is 65.5 Å². The number of benzene rings is 1. The second-order valence-electron chi connectivity index (χ2n) is 6.10. The largest absolute Gasteiger partial charge is 0.335 e. The molecule has 0 saturated carbocycles. The van der Waals surface area contributed by atoms with Crippen LogP contribution in [0.1, 0.15) is 20.8 Å². The van der Waals surface area contributed by atoms with Crippen molar-refractivity contribution in [3.63, 3.8) is 0 Å². The van der Waals surface area contributed by atoms with Gasteiger partial charge < -0.3 is 15.1 Å². The van der Waals surface area contributed by atoms with Crippen LogP contribution in [-0.2, 0) is 0 Å². The highest BCUT2D eigenvalue weighted by atomic mass is 19.1. The average molecular weight is 360 g/mol. The van der Waals surface area contributed by atoms with Crippen LogP contribution in [0.3, 0.4) is 0 Å². The summed E-state index contributed by atoms with van der Waals surface area (Å²) >= 11 is 0. The van der Waals surface area contributed by atoms with Gasteiger partial charge in [-0.2, -0.15) is 0 Å². The molecule has 3 rings (SSSR count). The molecule has 6 nitrogen and oxygen atoms in total. The first-order valence-electron chi connectivity index (χ1n) is 8.14. The van der Waals surface area contributed by atoms with Crippen molar-refractivity contribution in [2.75, 3.05) is 38.5 Å². The number of pyridine rings is 1. The van der Waals surface area contributed by atoms with Gasteiger partial charge in [0.05, 0.1) is 5.69 Å². The van der Waals surface area contributed by atoms with E-state index in [2.05, 4.69) is 15.2 Å². The zero-order chi connectivity index (χ0) is 18.7. The molecule has 1 fully saturated rings. The Labute approximate surface area is 149 Å². The van der Waals surface area contributed by atoms with Crippen molar-refractivity contribution in [3.8, 4) is 0 Å². The van der Waals surface area contributed by atoms with Crippen molar-refractivity contribution >= 4 is 17.5 Å². The highest BCUT2D eigenvalue weighted by Crippen LogP contribution is 2.16. The Hall–Kier alpha value is -2.87. The zero-order valence-corrected chi connectivity index (χ0v) is 14.2. The van der Waals surface area contributed by atoms with Gasteiger partial charge in [-0.15, -0.1) is 0 Å². The summed E-state index contributed by atoms with van der Waals surface area (Å²) in [6.45, 7) is 2.73. The minimum absolute atomic E-state index is 0.139. The minimum Gasteiger partial charge on any atom is -0.335 e. The fourth-order valence-corrected chi connectivity index (χ4v) is 2.65. The zero-order valence-electron chi connectivity index (χ0n) is 14.2. The molecule has 0 bridgehead atoms. The summed E-state index contributed by atoms with van der Waals surface area (Å²) < 4.78 is 26.6. The Morgan fingerprint density at radius 3 is 2.50 bits per heavy atom. The summed E-state index contributed by atoms with van der Waals surface area (Å²) in [5.41, 5.74) is 0.183. The Morgan fingerprint density at radius 2 is 1.81 bits per heavy atom. The van der Waals surface area contributed by atoms with E-state index < -0.39 is 17.5 Å². The van der Waals surface area contributed by atoms with Gasteiger partial charge in [-0.25, -0.2) is 8.78 Å². The molecule has 2 aromatic rings. The molecule has 26 heavy (non-hydrogen) atoms. The van der Waals surface area contributed by atoms with Crippen LogP contribution in [0.15, 0.2) is 36.5 Å². The molecule has 8 heteroatoms. The van der Waals surface area contributed by atoms with Gasteiger partial charge in [0, 0.05) is 44.0 Å². The second kappa shape index (κ2) is 7.57. The minimum atomic E-state index is -0.874. The lowest BCUT2D eigenvalue weighted by Crippen LogP contribution is -2.47. The molecular weight excluding hydrogens is 342 g/mol. The number of amides is 2. The number of anilines is 1. The summed E-state index contributed by atoms with van der Waals surface area (Å²) in [7, 11) is 1.99. The molecule has 2 amide bonds. The third kappa shape index (κ3) is 4.02. The quantitative estimate of drug-likeness (QED) is 0.909. The van der Waals surface area contributed by atoms with E-state index in [0.29, 0.717) is 19.2 Å². The van der Waals surface area contributed by atoms with Gasteiger partial charge in [-0.05, 0) is 31.3 Å².